The third kappa shape index (κ3) is 6.64. The summed E-state index contributed by atoms with van der Waals surface area (Å²) in [6.45, 7) is 0. The van der Waals surface area contributed by atoms with Gasteiger partial charge in [-0.2, -0.15) is 0 Å². The molecule has 0 bridgehead atoms. The van der Waals surface area contributed by atoms with Crippen LogP contribution in [0.3, 0.4) is 0 Å². The lowest BCUT2D eigenvalue weighted by Crippen LogP contribution is -2.22. The highest BCUT2D eigenvalue weighted by molar-refractivity contribution is 5.65. The van der Waals surface area contributed by atoms with Crippen LogP contribution >= 0.6 is 0 Å². The Labute approximate surface area is 217 Å². The average molecular weight is 490 g/mol. The zero-order chi connectivity index (χ0) is 25.5. The van der Waals surface area contributed by atoms with Gasteiger partial charge in [0.2, 0.25) is 0 Å². The summed E-state index contributed by atoms with van der Waals surface area (Å²) < 4.78 is 5.29. The first kappa shape index (κ1) is 23.9. The molecule has 37 heavy (non-hydrogen) atoms. The van der Waals surface area contributed by atoms with Crippen molar-refractivity contribution < 1.29 is 4.74 Å². The second kappa shape index (κ2) is 11.3. The topological polar surface area (TPSA) is 83.4 Å². The van der Waals surface area contributed by atoms with Crippen molar-refractivity contribution in [2.24, 2.45) is 0 Å². The van der Waals surface area contributed by atoms with Crippen molar-refractivity contribution in [1.29, 1.82) is 0 Å². The highest BCUT2D eigenvalue weighted by Gasteiger charge is 2.10. The number of rotatable bonds is 9. The second-order valence-electron chi connectivity index (χ2n) is 8.87. The first-order valence-electron chi connectivity index (χ1n) is 12.3. The van der Waals surface area contributed by atoms with Crippen LogP contribution < -0.4 is 31.7 Å². The van der Waals surface area contributed by atoms with Crippen molar-refractivity contribution in [3.05, 3.63) is 121 Å². The molecule has 0 amide bonds. The maximum atomic E-state index is 5.76. The predicted molar refractivity (Wildman–Crippen MR) is 156 cm³/mol. The second-order valence-corrected chi connectivity index (χ2v) is 8.87. The molecular formula is C31H31N5O. The lowest BCUT2D eigenvalue weighted by molar-refractivity contribution is 0.415. The number of benzene rings is 4. The number of anilines is 7. The Morgan fingerprint density at radius 1 is 0.541 bits per heavy atom. The molecule has 0 atom stereocenters. The smallest absolute Gasteiger partial charge is 0.120 e. The zero-order valence-corrected chi connectivity index (χ0v) is 20.7. The van der Waals surface area contributed by atoms with Crippen LogP contribution in [-0.2, 0) is 0 Å². The van der Waals surface area contributed by atoms with Gasteiger partial charge in [0.25, 0.3) is 0 Å². The lowest BCUT2D eigenvalue weighted by atomic mass is 10.1. The van der Waals surface area contributed by atoms with Crippen LogP contribution in [0.25, 0.3) is 0 Å². The number of nitrogens with one attached hydrogen (secondary N) is 4. The number of ether oxygens (including phenoxy) is 1. The van der Waals surface area contributed by atoms with E-state index in [2.05, 4.69) is 94.1 Å². The first-order valence-corrected chi connectivity index (χ1v) is 12.3. The van der Waals surface area contributed by atoms with E-state index in [1.54, 1.807) is 7.11 Å². The summed E-state index contributed by atoms with van der Waals surface area (Å²) in [5, 5.41) is 13.9. The summed E-state index contributed by atoms with van der Waals surface area (Å²) in [5.74, 6) is 0.829. The lowest BCUT2D eigenvalue weighted by Gasteiger charge is -2.21. The van der Waals surface area contributed by atoms with Gasteiger partial charge in [-0.15, -0.1) is 0 Å². The zero-order valence-electron chi connectivity index (χ0n) is 20.7. The summed E-state index contributed by atoms with van der Waals surface area (Å²) in [7, 11) is 1.67. The highest BCUT2D eigenvalue weighted by Crippen LogP contribution is 2.24. The minimum absolute atomic E-state index is 0.140. The fourth-order valence-electron chi connectivity index (χ4n) is 4.08. The average Bonchev–Trinajstić information content (AvgIpc) is 2.93. The first-order chi connectivity index (χ1) is 18.1. The van der Waals surface area contributed by atoms with E-state index in [1.807, 2.05) is 48.5 Å². The van der Waals surface area contributed by atoms with E-state index in [0.29, 0.717) is 0 Å². The molecule has 0 saturated heterocycles. The summed E-state index contributed by atoms with van der Waals surface area (Å²) in [6, 6.07) is 32.4. The molecule has 4 aromatic carbocycles. The van der Waals surface area contributed by atoms with Crippen molar-refractivity contribution >= 4 is 39.8 Å². The van der Waals surface area contributed by atoms with Crippen molar-refractivity contribution in [2.45, 2.75) is 12.1 Å². The van der Waals surface area contributed by atoms with Gasteiger partial charge < -0.3 is 31.7 Å². The SMILES string of the molecule is COc1cccc(Nc2ccc(NC3C=CC(Nc4ccc(Nc5ccc(N)cc5)cc4)C=C3)cc2)c1. The minimum Gasteiger partial charge on any atom is -0.497 e. The summed E-state index contributed by atoms with van der Waals surface area (Å²) >= 11 is 0. The quantitative estimate of drug-likeness (QED) is 0.127. The molecule has 0 aliphatic heterocycles. The van der Waals surface area contributed by atoms with Gasteiger partial charge >= 0.3 is 0 Å². The van der Waals surface area contributed by atoms with E-state index in [-0.39, 0.29) is 12.1 Å². The van der Waals surface area contributed by atoms with Crippen LogP contribution in [0.2, 0.25) is 0 Å². The number of nitrogens with two attached hydrogens (primary N) is 1. The highest BCUT2D eigenvalue weighted by atomic mass is 16.5. The molecule has 0 saturated carbocycles. The van der Waals surface area contributed by atoms with E-state index >= 15 is 0 Å². The van der Waals surface area contributed by atoms with E-state index in [1.165, 1.54) is 0 Å². The molecule has 0 heterocycles. The molecule has 0 fully saturated rings. The molecule has 0 unspecified atom stereocenters. The molecule has 6 heteroatoms. The van der Waals surface area contributed by atoms with Crippen molar-refractivity contribution in [1.82, 2.24) is 0 Å². The van der Waals surface area contributed by atoms with Gasteiger partial charge in [-0.1, -0.05) is 30.4 Å². The maximum Gasteiger partial charge on any atom is 0.120 e. The Morgan fingerprint density at radius 2 is 0.973 bits per heavy atom. The van der Waals surface area contributed by atoms with Gasteiger partial charge in [-0.25, -0.2) is 0 Å². The predicted octanol–water partition coefficient (Wildman–Crippen LogP) is 7.15. The van der Waals surface area contributed by atoms with Gasteiger partial charge in [0, 0.05) is 45.9 Å². The van der Waals surface area contributed by atoms with Crippen LogP contribution in [0.15, 0.2) is 121 Å². The molecule has 1 aliphatic carbocycles. The van der Waals surface area contributed by atoms with Crippen LogP contribution in [0.1, 0.15) is 0 Å². The molecule has 1 aliphatic rings. The van der Waals surface area contributed by atoms with Crippen molar-refractivity contribution in [2.75, 3.05) is 34.1 Å². The standard InChI is InChI=1S/C31H31N5O/c1-37-31-4-2-3-30(21-31)36-29-19-17-28(18-20-29)35-27-15-13-26(14-16-27)34-25-11-9-24(10-12-25)33-23-7-5-22(32)6-8-23/h2-21,26-27,33-36H,32H2,1H3. The third-order valence-electron chi connectivity index (χ3n) is 6.05. The van der Waals surface area contributed by atoms with E-state index < -0.39 is 0 Å². The fourth-order valence-corrected chi connectivity index (χ4v) is 4.08. The Morgan fingerprint density at radius 3 is 1.46 bits per heavy atom. The number of hydrogen-bond acceptors (Lipinski definition) is 6. The van der Waals surface area contributed by atoms with E-state index in [9.17, 15) is 0 Å². The largest absolute Gasteiger partial charge is 0.497 e. The molecule has 0 aromatic heterocycles. The number of nitrogen functional groups attached to an aromatic ring is 1. The Hall–Kier alpha value is -4.84. The molecule has 6 nitrogen and oxygen atoms in total. The molecule has 0 radical (unpaired) electrons. The van der Waals surface area contributed by atoms with Crippen LogP contribution in [0, 0.1) is 0 Å². The van der Waals surface area contributed by atoms with Crippen LogP contribution in [0.5, 0.6) is 5.75 Å². The third-order valence-corrected chi connectivity index (χ3v) is 6.05. The van der Waals surface area contributed by atoms with E-state index in [0.717, 1.165) is 45.6 Å². The summed E-state index contributed by atoms with van der Waals surface area (Å²) in [4.78, 5) is 0. The van der Waals surface area contributed by atoms with Gasteiger partial charge in [0.15, 0.2) is 0 Å². The molecule has 186 valence electrons. The summed E-state index contributed by atoms with van der Waals surface area (Å²) in [5.41, 5.74) is 12.7. The Kier molecular flexibility index (Phi) is 7.27. The van der Waals surface area contributed by atoms with Gasteiger partial charge in [0.1, 0.15) is 5.75 Å². The number of hydrogen-bond donors (Lipinski definition) is 5. The minimum atomic E-state index is 0.140. The molecule has 4 aromatic rings. The molecule has 0 spiro atoms. The van der Waals surface area contributed by atoms with Crippen LogP contribution in [-0.4, -0.2) is 19.2 Å². The van der Waals surface area contributed by atoms with Gasteiger partial charge in [0.05, 0.1) is 19.2 Å². The molecular weight excluding hydrogens is 458 g/mol. The monoisotopic (exact) mass is 489 g/mol. The molecule has 6 N–H and O–H groups in total. The normalized spacial score (nSPS) is 16.1. The fraction of sp³-hybridized carbons (Fsp3) is 0.0968. The summed E-state index contributed by atoms with van der Waals surface area (Å²) in [6.07, 6.45) is 8.71. The Bertz CT molecular complexity index is 1350. The van der Waals surface area contributed by atoms with Crippen molar-refractivity contribution in [3.63, 3.8) is 0 Å². The van der Waals surface area contributed by atoms with Crippen LogP contribution in [0.4, 0.5) is 39.8 Å². The molecule has 5 rings (SSSR count). The van der Waals surface area contributed by atoms with Crippen molar-refractivity contribution in [3.8, 4) is 5.75 Å². The Balaban J connectivity index is 1.10. The van der Waals surface area contributed by atoms with E-state index in [4.69, 9.17) is 10.5 Å². The van der Waals surface area contributed by atoms with Gasteiger partial charge in [-0.05, 0) is 84.9 Å². The van der Waals surface area contributed by atoms with Gasteiger partial charge in [-0.3, -0.25) is 0 Å². The number of methoxy groups -OCH3 is 1. The maximum absolute atomic E-state index is 5.76.